The van der Waals surface area contributed by atoms with Gasteiger partial charge in [-0.15, -0.1) is 0 Å². The summed E-state index contributed by atoms with van der Waals surface area (Å²) in [6, 6.07) is 3.38. The second kappa shape index (κ2) is 8.78. The minimum atomic E-state index is -0.738. The van der Waals surface area contributed by atoms with Gasteiger partial charge in [0, 0.05) is 31.1 Å². The summed E-state index contributed by atoms with van der Waals surface area (Å²) in [5, 5.41) is 2.73. The number of nitrogens with zero attached hydrogens (tertiary/aromatic N) is 1. The van der Waals surface area contributed by atoms with Crippen LogP contribution in [0.2, 0.25) is 0 Å². The Morgan fingerprint density at radius 3 is 1.93 bits per heavy atom. The van der Waals surface area contributed by atoms with E-state index < -0.39 is 40.4 Å². The van der Waals surface area contributed by atoms with Gasteiger partial charge in [-0.2, -0.15) is 0 Å². The second-order valence-electron chi connectivity index (χ2n) is 9.76. The molecule has 168 valence electrons. The molecule has 0 saturated carbocycles. The lowest BCUT2D eigenvalue weighted by molar-refractivity contribution is 0.0153. The van der Waals surface area contributed by atoms with E-state index >= 15 is 0 Å². The molecule has 30 heavy (non-hydrogen) atoms. The van der Waals surface area contributed by atoms with Crippen LogP contribution in [0.25, 0.3) is 0 Å². The number of hydrogen-bond donors (Lipinski definition) is 1. The van der Waals surface area contributed by atoms with Crippen LogP contribution in [0.1, 0.15) is 59.9 Å². The van der Waals surface area contributed by atoms with E-state index in [-0.39, 0.29) is 6.54 Å². The fourth-order valence-corrected chi connectivity index (χ4v) is 3.43. The summed E-state index contributed by atoms with van der Waals surface area (Å²) in [6.45, 7) is 11.4. The van der Waals surface area contributed by atoms with Crippen molar-refractivity contribution in [2.45, 2.75) is 71.0 Å². The fraction of sp³-hybridized carbons (Fsp3) is 0.636. The number of hydrogen-bond acceptors (Lipinski definition) is 4. The second-order valence-corrected chi connectivity index (χ2v) is 9.76. The third-order valence-electron chi connectivity index (χ3n) is 4.82. The number of ether oxygens (including phenoxy) is 2. The summed E-state index contributed by atoms with van der Waals surface area (Å²) in [5.74, 6) is -1.37. The van der Waals surface area contributed by atoms with Crippen LogP contribution in [-0.4, -0.2) is 47.9 Å². The average Bonchev–Trinajstić information content (AvgIpc) is 2.56. The molecule has 0 bridgehead atoms. The van der Waals surface area contributed by atoms with E-state index in [4.69, 9.17) is 9.47 Å². The van der Waals surface area contributed by atoms with Crippen molar-refractivity contribution in [2.75, 3.05) is 19.6 Å². The average molecular weight is 427 g/mol. The Labute approximate surface area is 176 Å². The lowest BCUT2D eigenvalue weighted by Crippen LogP contribution is -2.51. The van der Waals surface area contributed by atoms with E-state index in [9.17, 15) is 18.4 Å². The van der Waals surface area contributed by atoms with Gasteiger partial charge in [-0.1, -0.05) is 0 Å². The normalized spacial score (nSPS) is 16.7. The van der Waals surface area contributed by atoms with Gasteiger partial charge in [0.1, 0.15) is 22.8 Å². The van der Waals surface area contributed by atoms with Gasteiger partial charge in [-0.05, 0) is 72.1 Å². The lowest BCUT2D eigenvalue weighted by atomic mass is 9.72. The molecule has 6 nitrogen and oxygen atoms in total. The van der Waals surface area contributed by atoms with Gasteiger partial charge in [0.25, 0.3) is 0 Å². The summed E-state index contributed by atoms with van der Waals surface area (Å²) < 4.78 is 38.6. The monoisotopic (exact) mass is 426 g/mol. The first-order valence-corrected chi connectivity index (χ1v) is 10.1. The molecule has 1 saturated heterocycles. The van der Waals surface area contributed by atoms with Crippen molar-refractivity contribution in [1.82, 2.24) is 10.2 Å². The Morgan fingerprint density at radius 2 is 1.47 bits per heavy atom. The van der Waals surface area contributed by atoms with E-state index in [0.717, 1.165) is 6.07 Å². The Bertz CT molecular complexity index is 756. The summed E-state index contributed by atoms with van der Waals surface area (Å²) in [6.07, 6.45) is -0.217. The topological polar surface area (TPSA) is 67.9 Å². The zero-order valence-electron chi connectivity index (χ0n) is 18.6. The molecule has 2 rings (SSSR count). The zero-order valence-corrected chi connectivity index (χ0v) is 18.6. The highest BCUT2D eigenvalue weighted by atomic mass is 19.1. The lowest BCUT2D eigenvalue weighted by Gasteiger charge is -2.42. The summed E-state index contributed by atoms with van der Waals surface area (Å²) in [5.41, 5.74) is -1.57. The highest BCUT2D eigenvalue weighted by Crippen LogP contribution is 2.36. The van der Waals surface area contributed by atoms with Crippen molar-refractivity contribution in [3.8, 4) is 0 Å². The Morgan fingerprint density at radius 1 is 0.967 bits per heavy atom. The number of nitrogens with one attached hydrogen (secondary N) is 1. The van der Waals surface area contributed by atoms with Gasteiger partial charge < -0.3 is 19.7 Å². The number of amides is 2. The molecule has 0 aromatic heterocycles. The van der Waals surface area contributed by atoms with Crippen LogP contribution in [0.3, 0.4) is 0 Å². The third kappa shape index (κ3) is 6.85. The smallest absolute Gasteiger partial charge is 0.410 e. The molecule has 1 aliphatic heterocycles. The number of rotatable bonds is 3. The highest BCUT2D eigenvalue weighted by molar-refractivity contribution is 5.69. The largest absolute Gasteiger partial charge is 0.444 e. The van der Waals surface area contributed by atoms with E-state index in [1.54, 1.807) is 46.4 Å². The summed E-state index contributed by atoms with van der Waals surface area (Å²) in [4.78, 5) is 26.1. The quantitative estimate of drug-likeness (QED) is 0.757. The molecular formula is C22H32F2N2O4. The van der Waals surface area contributed by atoms with Gasteiger partial charge in [-0.3, -0.25) is 0 Å². The SMILES string of the molecule is CC(C)(C)OC(=O)NCC1(c2cc(F)cc(F)c2)CCN(C(=O)OC(C)(C)C)CC1. The van der Waals surface area contributed by atoms with E-state index in [1.165, 1.54) is 12.1 Å². The van der Waals surface area contributed by atoms with Crippen molar-refractivity contribution in [3.63, 3.8) is 0 Å². The van der Waals surface area contributed by atoms with Crippen molar-refractivity contribution >= 4 is 12.2 Å². The molecule has 2 amide bonds. The Hall–Kier alpha value is -2.38. The minimum absolute atomic E-state index is 0.132. The molecule has 1 aromatic rings. The maximum atomic E-state index is 13.9. The van der Waals surface area contributed by atoms with E-state index in [0.29, 0.717) is 31.5 Å². The number of piperidine rings is 1. The molecule has 0 radical (unpaired) electrons. The van der Waals surface area contributed by atoms with Crippen LogP contribution in [-0.2, 0) is 14.9 Å². The van der Waals surface area contributed by atoms with Gasteiger partial charge >= 0.3 is 12.2 Å². The van der Waals surface area contributed by atoms with Gasteiger partial charge in [0.05, 0.1) is 0 Å². The first-order chi connectivity index (χ1) is 13.7. The fourth-order valence-electron chi connectivity index (χ4n) is 3.43. The number of carbonyl (C=O) groups is 2. The van der Waals surface area contributed by atoms with Crippen molar-refractivity contribution in [2.24, 2.45) is 0 Å². The molecule has 1 heterocycles. The van der Waals surface area contributed by atoms with Crippen LogP contribution in [0.5, 0.6) is 0 Å². The number of carbonyl (C=O) groups excluding carboxylic acids is 2. The van der Waals surface area contributed by atoms with Crippen LogP contribution >= 0.6 is 0 Å². The molecule has 0 spiro atoms. The number of halogens is 2. The number of alkyl carbamates (subject to hydrolysis) is 1. The highest BCUT2D eigenvalue weighted by Gasteiger charge is 2.39. The maximum absolute atomic E-state index is 13.9. The molecule has 1 fully saturated rings. The van der Waals surface area contributed by atoms with Crippen LogP contribution in [0, 0.1) is 11.6 Å². The zero-order chi connectivity index (χ0) is 22.7. The third-order valence-corrected chi connectivity index (χ3v) is 4.82. The summed E-state index contributed by atoms with van der Waals surface area (Å²) >= 11 is 0. The predicted octanol–water partition coefficient (Wildman–Crippen LogP) is 4.76. The molecule has 0 aliphatic carbocycles. The van der Waals surface area contributed by atoms with Gasteiger partial charge in [0.15, 0.2) is 0 Å². The van der Waals surface area contributed by atoms with Crippen LogP contribution in [0.4, 0.5) is 18.4 Å². The predicted molar refractivity (Wildman–Crippen MR) is 109 cm³/mol. The van der Waals surface area contributed by atoms with E-state index in [1.807, 2.05) is 0 Å². The minimum Gasteiger partial charge on any atom is -0.444 e. The number of likely N-dealkylation sites (tertiary alicyclic amines) is 1. The number of benzene rings is 1. The van der Waals surface area contributed by atoms with Crippen LogP contribution in [0.15, 0.2) is 18.2 Å². The summed E-state index contributed by atoms with van der Waals surface area (Å²) in [7, 11) is 0. The molecular weight excluding hydrogens is 394 g/mol. The molecule has 0 unspecified atom stereocenters. The first kappa shape index (κ1) is 23.9. The first-order valence-electron chi connectivity index (χ1n) is 10.1. The van der Waals surface area contributed by atoms with Crippen LogP contribution < -0.4 is 5.32 Å². The molecule has 1 N–H and O–H groups in total. The molecule has 8 heteroatoms. The Kier molecular flexibility index (Phi) is 6.99. The van der Waals surface area contributed by atoms with Gasteiger partial charge in [0.2, 0.25) is 0 Å². The standard InChI is InChI=1S/C22H32F2N2O4/c1-20(2,3)29-18(27)25-14-22(15-11-16(23)13-17(24)12-15)7-9-26(10-8-22)19(28)30-21(4,5)6/h11-13H,7-10,14H2,1-6H3,(H,25,27). The van der Waals surface area contributed by atoms with E-state index in [2.05, 4.69) is 5.32 Å². The van der Waals surface area contributed by atoms with Crippen molar-refractivity contribution in [3.05, 3.63) is 35.4 Å². The molecule has 1 aromatic carbocycles. The molecule has 0 atom stereocenters. The maximum Gasteiger partial charge on any atom is 0.410 e. The van der Waals surface area contributed by atoms with Crippen molar-refractivity contribution < 1.29 is 27.8 Å². The molecule has 1 aliphatic rings. The van der Waals surface area contributed by atoms with Crippen molar-refractivity contribution in [1.29, 1.82) is 0 Å². The Balaban J connectivity index is 2.20. The van der Waals surface area contributed by atoms with Gasteiger partial charge in [-0.25, -0.2) is 18.4 Å².